The quantitative estimate of drug-likeness (QED) is 0.827. The summed E-state index contributed by atoms with van der Waals surface area (Å²) in [5, 5.41) is 9.16. The molecule has 0 radical (unpaired) electrons. The Hall–Kier alpha value is -0.810. The highest BCUT2D eigenvalue weighted by Gasteiger charge is 2.42. The van der Waals surface area contributed by atoms with E-state index in [4.69, 9.17) is 14.6 Å². The van der Waals surface area contributed by atoms with Gasteiger partial charge in [0.1, 0.15) is 5.60 Å². The minimum atomic E-state index is -0.454. The normalized spacial score (nSPS) is 31.2. The van der Waals surface area contributed by atoms with Gasteiger partial charge in [-0.25, -0.2) is 4.79 Å². The van der Waals surface area contributed by atoms with E-state index in [0.717, 1.165) is 6.42 Å². The molecule has 2 atom stereocenters. The molecule has 2 aliphatic heterocycles. The van der Waals surface area contributed by atoms with Crippen molar-refractivity contribution in [3.05, 3.63) is 0 Å². The second kappa shape index (κ2) is 5.67. The molecule has 110 valence electrons. The molecule has 19 heavy (non-hydrogen) atoms. The summed E-state index contributed by atoms with van der Waals surface area (Å²) >= 11 is 0. The number of ether oxygens (including phenoxy) is 2. The van der Waals surface area contributed by atoms with Crippen LogP contribution in [0.3, 0.4) is 0 Å². The predicted octanol–water partition coefficient (Wildman–Crippen LogP) is 1.50. The molecule has 0 aromatic rings. The van der Waals surface area contributed by atoms with Crippen LogP contribution in [0.4, 0.5) is 4.79 Å². The second-order valence-electron chi connectivity index (χ2n) is 6.62. The molecule has 1 N–H and O–H groups in total. The van der Waals surface area contributed by atoms with Crippen molar-refractivity contribution in [3.8, 4) is 0 Å². The van der Waals surface area contributed by atoms with E-state index >= 15 is 0 Å². The van der Waals surface area contributed by atoms with E-state index in [1.54, 1.807) is 4.90 Å². The lowest BCUT2D eigenvalue weighted by molar-refractivity contribution is -0.0892. The van der Waals surface area contributed by atoms with E-state index in [1.807, 2.05) is 20.8 Å². The molecule has 1 amide bonds. The van der Waals surface area contributed by atoms with E-state index in [1.165, 1.54) is 0 Å². The van der Waals surface area contributed by atoms with Gasteiger partial charge in [0.15, 0.2) is 0 Å². The van der Waals surface area contributed by atoms with Crippen molar-refractivity contribution in [3.63, 3.8) is 0 Å². The first-order chi connectivity index (χ1) is 8.90. The fraction of sp³-hybridized carbons (Fsp3) is 0.929. The Kier molecular flexibility index (Phi) is 4.36. The number of aliphatic hydroxyl groups is 1. The Morgan fingerprint density at radius 2 is 1.89 bits per heavy atom. The molecule has 2 unspecified atom stereocenters. The maximum atomic E-state index is 12.1. The van der Waals surface area contributed by atoms with Crippen LogP contribution >= 0.6 is 0 Å². The second-order valence-corrected chi connectivity index (χ2v) is 6.62. The summed E-state index contributed by atoms with van der Waals surface area (Å²) < 4.78 is 11.0. The van der Waals surface area contributed by atoms with Gasteiger partial charge in [0.05, 0.1) is 13.2 Å². The number of hydrogen-bond acceptors (Lipinski definition) is 4. The van der Waals surface area contributed by atoms with Gasteiger partial charge in [0.25, 0.3) is 0 Å². The number of nitrogens with zero attached hydrogens (tertiary/aromatic N) is 1. The molecule has 2 fully saturated rings. The van der Waals surface area contributed by atoms with Crippen LogP contribution in [0.1, 0.15) is 27.2 Å². The predicted molar refractivity (Wildman–Crippen MR) is 70.8 cm³/mol. The molecule has 0 aromatic heterocycles. The Balaban J connectivity index is 1.98. The first-order valence-corrected chi connectivity index (χ1v) is 7.07. The monoisotopic (exact) mass is 271 g/mol. The first-order valence-electron chi connectivity index (χ1n) is 7.07. The summed E-state index contributed by atoms with van der Waals surface area (Å²) in [4.78, 5) is 13.9. The van der Waals surface area contributed by atoms with Crippen molar-refractivity contribution in [1.82, 2.24) is 4.90 Å². The minimum Gasteiger partial charge on any atom is -0.444 e. The SMILES string of the molecule is CC(C)(C)OC(=O)N1CC2COCC(C1)C2CCO. The molecule has 5 heteroatoms. The van der Waals surface area contributed by atoms with E-state index in [-0.39, 0.29) is 12.7 Å². The fourth-order valence-corrected chi connectivity index (χ4v) is 3.12. The van der Waals surface area contributed by atoms with Gasteiger partial charge in [0, 0.05) is 31.5 Å². The number of amides is 1. The van der Waals surface area contributed by atoms with Gasteiger partial charge in [0.2, 0.25) is 0 Å². The third-order valence-electron chi connectivity index (χ3n) is 3.90. The summed E-state index contributed by atoms with van der Waals surface area (Å²) in [5.41, 5.74) is -0.454. The van der Waals surface area contributed by atoms with Gasteiger partial charge in [-0.1, -0.05) is 0 Å². The van der Waals surface area contributed by atoms with Gasteiger partial charge in [-0.05, 0) is 33.1 Å². The van der Waals surface area contributed by atoms with Crippen molar-refractivity contribution >= 4 is 6.09 Å². The highest BCUT2D eigenvalue weighted by molar-refractivity contribution is 5.68. The Bertz CT molecular complexity index is 312. The molecule has 2 aliphatic rings. The molecule has 5 nitrogen and oxygen atoms in total. The maximum absolute atomic E-state index is 12.1. The van der Waals surface area contributed by atoms with Gasteiger partial charge in [-0.3, -0.25) is 0 Å². The topological polar surface area (TPSA) is 59.0 Å². The minimum absolute atomic E-state index is 0.212. The van der Waals surface area contributed by atoms with Crippen LogP contribution in [-0.2, 0) is 9.47 Å². The van der Waals surface area contributed by atoms with E-state index in [9.17, 15) is 4.79 Å². The van der Waals surface area contributed by atoms with Crippen LogP contribution < -0.4 is 0 Å². The number of fused-ring (bicyclic) bond motifs is 2. The van der Waals surface area contributed by atoms with Crippen molar-refractivity contribution < 1.29 is 19.4 Å². The first kappa shape index (κ1) is 14.6. The molecule has 2 heterocycles. The summed E-state index contributed by atoms with van der Waals surface area (Å²) in [7, 11) is 0. The Morgan fingerprint density at radius 3 is 2.37 bits per heavy atom. The van der Waals surface area contributed by atoms with Crippen LogP contribution in [-0.4, -0.2) is 54.6 Å². The number of carbonyl (C=O) groups excluding carboxylic acids is 1. The Morgan fingerprint density at radius 1 is 1.32 bits per heavy atom. The number of piperidine rings is 1. The highest BCUT2D eigenvalue weighted by atomic mass is 16.6. The summed E-state index contributed by atoms with van der Waals surface area (Å²) in [6.07, 6.45) is 0.577. The zero-order valence-electron chi connectivity index (χ0n) is 12.1. The summed E-state index contributed by atoms with van der Waals surface area (Å²) in [5.74, 6) is 1.12. The van der Waals surface area contributed by atoms with E-state index in [2.05, 4.69) is 0 Å². The largest absolute Gasteiger partial charge is 0.444 e. The van der Waals surface area contributed by atoms with Crippen molar-refractivity contribution in [1.29, 1.82) is 0 Å². The zero-order valence-corrected chi connectivity index (χ0v) is 12.1. The third kappa shape index (κ3) is 3.60. The van der Waals surface area contributed by atoms with Crippen LogP contribution in [0.5, 0.6) is 0 Å². The molecule has 0 spiro atoms. The van der Waals surface area contributed by atoms with E-state index in [0.29, 0.717) is 44.1 Å². The van der Waals surface area contributed by atoms with Crippen molar-refractivity contribution in [2.45, 2.75) is 32.8 Å². The van der Waals surface area contributed by atoms with Crippen LogP contribution in [0.2, 0.25) is 0 Å². The standard InChI is InChI=1S/C14H25NO4/c1-14(2,3)19-13(17)15-6-10-8-18-9-11(7-15)12(10)4-5-16/h10-12,16H,4-9H2,1-3H3. The van der Waals surface area contributed by atoms with E-state index < -0.39 is 5.60 Å². The third-order valence-corrected chi connectivity index (χ3v) is 3.90. The maximum Gasteiger partial charge on any atom is 0.410 e. The molecular formula is C14H25NO4. The smallest absolute Gasteiger partial charge is 0.410 e. The molecule has 2 rings (SSSR count). The highest BCUT2D eigenvalue weighted by Crippen LogP contribution is 2.35. The van der Waals surface area contributed by atoms with Crippen molar-refractivity contribution in [2.75, 3.05) is 32.9 Å². The average molecular weight is 271 g/mol. The van der Waals surface area contributed by atoms with Crippen molar-refractivity contribution in [2.24, 2.45) is 17.8 Å². The van der Waals surface area contributed by atoms with Crippen LogP contribution in [0.15, 0.2) is 0 Å². The average Bonchev–Trinajstić information content (AvgIpc) is 2.26. The number of carbonyl (C=O) groups is 1. The molecule has 0 aromatic carbocycles. The lowest BCUT2D eigenvalue weighted by Crippen LogP contribution is -2.55. The van der Waals surface area contributed by atoms with Crippen LogP contribution in [0.25, 0.3) is 0 Å². The summed E-state index contributed by atoms with van der Waals surface area (Å²) in [6.45, 7) is 8.57. The number of rotatable bonds is 2. The number of likely N-dealkylation sites (tertiary alicyclic amines) is 1. The molecule has 0 aliphatic carbocycles. The Labute approximate surface area is 114 Å². The number of hydrogen-bond donors (Lipinski definition) is 1. The lowest BCUT2D eigenvalue weighted by atomic mass is 9.75. The van der Waals surface area contributed by atoms with Gasteiger partial charge in [-0.15, -0.1) is 0 Å². The van der Waals surface area contributed by atoms with Gasteiger partial charge >= 0.3 is 6.09 Å². The zero-order chi connectivity index (χ0) is 14.0. The molecule has 0 saturated carbocycles. The molecule has 2 saturated heterocycles. The summed E-state index contributed by atoms with van der Waals surface area (Å²) in [6, 6.07) is 0. The van der Waals surface area contributed by atoms with Crippen LogP contribution in [0, 0.1) is 17.8 Å². The lowest BCUT2D eigenvalue weighted by Gasteiger charge is -2.47. The van der Waals surface area contributed by atoms with Gasteiger partial charge in [-0.2, -0.15) is 0 Å². The molecular weight excluding hydrogens is 246 g/mol. The fourth-order valence-electron chi connectivity index (χ4n) is 3.12. The molecule has 2 bridgehead atoms. The van der Waals surface area contributed by atoms with Gasteiger partial charge < -0.3 is 19.5 Å². The number of aliphatic hydroxyl groups excluding tert-OH is 1.